The van der Waals surface area contributed by atoms with Crippen molar-refractivity contribution in [2.75, 3.05) is 11.6 Å². The third-order valence-electron chi connectivity index (χ3n) is 1.85. The Morgan fingerprint density at radius 3 is 2.87 bits per heavy atom. The number of unbranched alkanes of at least 4 members (excludes halogenated alkanes) is 1. The van der Waals surface area contributed by atoms with Crippen molar-refractivity contribution in [2.45, 2.75) is 19.4 Å². The Labute approximate surface area is 94.3 Å². The molecule has 1 aromatic heterocycles. The summed E-state index contributed by atoms with van der Waals surface area (Å²) in [6.07, 6.45) is 4.54. The Bertz CT molecular complexity index is 363. The van der Waals surface area contributed by atoms with Gasteiger partial charge in [-0.05, 0) is 12.8 Å². The third kappa shape index (κ3) is 5.15. The topological polar surface area (TPSA) is 74.8 Å². The van der Waals surface area contributed by atoms with Gasteiger partial charge >= 0.3 is 0 Å². The van der Waals surface area contributed by atoms with Gasteiger partial charge in [-0.2, -0.15) is 5.10 Å². The van der Waals surface area contributed by atoms with Gasteiger partial charge in [-0.25, -0.2) is 13.1 Å². The van der Waals surface area contributed by atoms with Crippen molar-refractivity contribution >= 4 is 21.6 Å². The van der Waals surface area contributed by atoms with Crippen LogP contribution in [0.2, 0.25) is 0 Å². The van der Waals surface area contributed by atoms with E-state index in [0.717, 1.165) is 5.56 Å². The van der Waals surface area contributed by atoms with Crippen LogP contribution in [0.3, 0.4) is 0 Å². The molecule has 0 fully saturated rings. The van der Waals surface area contributed by atoms with Crippen molar-refractivity contribution in [1.29, 1.82) is 0 Å². The molecule has 0 atom stereocenters. The van der Waals surface area contributed by atoms with Crippen LogP contribution in [-0.2, 0) is 16.6 Å². The molecule has 5 nitrogen and oxygen atoms in total. The number of nitrogens with one attached hydrogen (secondary N) is 2. The highest BCUT2D eigenvalue weighted by molar-refractivity contribution is 7.89. The van der Waals surface area contributed by atoms with Crippen molar-refractivity contribution in [1.82, 2.24) is 14.9 Å². The fourth-order valence-corrected chi connectivity index (χ4v) is 2.33. The molecule has 86 valence electrons. The molecule has 2 N–H and O–H groups in total. The lowest BCUT2D eigenvalue weighted by molar-refractivity contribution is 0.578. The second-order valence-electron chi connectivity index (χ2n) is 3.14. The normalized spacial score (nSPS) is 11.8. The molecular weight excluding hydrogens is 238 g/mol. The van der Waals surface area contributed by atoms with Gasteiger partial charge in [0.25, 0.3) is 0 Å². The minimum Gasteiger partial charge on any atom is -0.285 e. The van der Waals surface area contributed by atoms with E-state index < -0.39 is 10.0 Å². The SMILES string of the molecule is O=S(=O)(CCCCCl)NCc1cn[nH]c1. The number of alkyl halides is 1. The van der Waals surface area contributed by atoms with E-state index in [1.165, 1.54) is 0 Å². The molecule has 1 aromatic rings. The first-order valence-electron chi connectivity index (χ1n) is 4.65. The Morgan fingerprint density at radius 1 is 1.47 bits per heavy atom. The Morgan fingerprint density at radius 2 is 2.27 bits per heavy atom. The molecule has 0 aliphatic heterocycles. The molecule has 0 saturated heterocycles. The lowest BCUT2D eigenvalue weighted by Gasteiger charge is -2.04. The summed E-state index contributed by atoms with van der Waals surface area (Å²) >= 11 is 5.46. The zero-order valence-corrected chi connectivity index (χ0v) is 9.81. The molecule has 0 amide bonds. The lowest BCUT2D eigenvalue weighted by Crippen LogP contribution is -2.25. The van der Waals surface area contributed by atoms with E-state index in [0.29, 0.717) is 18.7 Å². The average Bonchev–Trinajstić information content (AvgIpc) is 2.68. The number of hydrogen-bond donors (Lipinski definition) is 2. The van der Waals surface area contributed by atoms with Gasteiger partial charge in [0.15, 0.2) is 0 Å². The maximum Gasteiger partial charge on any atom is 0.211 e. The summed E-state index contributed by atoms with van der Waals surface area (Å²) in [4.78, 5) is 0. The van der Waals surface area contributed by atoms with Gasteiger partial charge in [0, 0.05) is 24.2 Å². The Hall–Kier alpha value is -0.590. The van der Waals surface area contributed by atoms with Crippen LogP contribution < -0.4 is 4.72 Å². The molecular formula is C8H14ClN3O2S. The van der Waals surface area contributed by atoms with Gasteiger partial charge in [0.1, 0.15) is 0 Å². The van der Waals surface area contributed by atoms with Crippen LogP contribution >= 0.6 is 11.6 Å². The van der Waals surface area contributed by atoms with Crippen LogP contribution in [0.15, 0.2) is 12.4 Å². The summed E-state index contributed by atoms with van der Waals surface area (Å²) in [6, 6.07) is 0. The standard InChI is InChI=1S/C8H14ClN3O2S/c9-3-1-2-4-15(13,14)12-7-8-5-10-11-6-8/h5-6,12H,1-4,7H2,(H,10,11). The smallest absolute Gasteiger partial charge is 0.211 e. The maximum absolute atomic E-state index is 11.4. The second kappa shape index (κ2) is 6.09. The van der Waals surface area contributed by atoms with E-state index in [4.69, 9.17) is 11.6 Å². The van der Waals surface area contributed by atoms with Crippen LogP contribution in [-0.4, -0.2) is 30.2 Å². The highest BCUT2D eigenvalue weighted by Crippen LogP contribution is 1.99. The minimum atomic E-state index is -3.18. The quantitative estimate of drug-likeness (QED) is 0.557. The van der Waals surface area contributed by atoms with Crippen LogP contribution in [0, 0.1) is 0 Å². The predicted octanol–water partition coefficient (Wildman–Crippen LogP) is 0.848. The van der Waals surface area contributed by atoms with E-state index in [2.05, 4.69) is 14.9 Å². The molecule has 0 radical (unpaired) electrons. The van der Waals surface area contributed by atoms with Crippen LogP contribution in [0.4, 0.5) is 0 Å². The fourth-order valence-electron chi connectivity index (χ4n) is 1.03. The summed E-state index contributed by atoms with van der Waals surface area (Å²) in [7, 11) is -3.18. The molecule has 0 spiro atoms. The minimum absolute atomic E-state index is 0.123. The van der Waals surface area contributed by atoms with Gasteiger partial charge in [0.2, 0.25) is 10.0 Å². The highest BCUT2D eigenvalue weighted by Gasteiger charge is 2.09. The third-order valence-corrected chi connectivity index (χ3v) is 3.53. The van der Waals surface area contributed by atoms with Crippen molar-refractivity contribution in [2.24, 2.45) is 0 Å². The predicted molar refractivity (Wildman–Crippen MR) is 59.2 cm³/mol. The van der Waals surface area contributed by atoms with Crippen molar-refractivity contribution in [3.63, 3.8) is 0 Å². The summed E-state index contributed by atoms with van der Waals surface area (Å²) in [5.41, 5.74) is 0.816. The number of aromatic amines is 1. The van der Waals surface area contributed by atoms with Crippen molar-refractivity contribution in [3.8, 4) is 0 Å². The lowest BCUT2D eigenvalue weighted by atomic mass is 10.4. The first-order chi connectivity index (χ1) is 7.14. The van der Waals surface area contributed by atoms with Gasteiger partial charge in [-0.15, -0.1) is 11.6 Å². The van der Waals surface area contributed by atoms with Crippen molar-refractivity contribution in [3.05, 3.63) is 18.0 Å². The monoisotopic (exact) mass is 251 g/mol. The second-order valence-corrected chi connectivity index (χ2v) is 5.45. The zero-order chi connectivity index (χ0) is 11.1. The molecule has 15 heavy (non-hydrogen) atoms. The summed E-state index contributed by atoms with van der Waals surface area (Å²) in [5, 5.41) is 6.34. The van der Waals surface area contributed by atoms with E-state index >= 15 is 0 Å². The average molecular weight is 252 g/mol. The van der Waals surface area contributed by atoms with E-state index in [9.17, 15) is 8.42 Å². The van der Waals surface area contributed by atoms with Crippen LogP contribution in [0.1, 0.15) is 18.4 Å². The molecule has 0 bridgehead atoms. The molecule has 0 aliphatic carbocycles. The van der Waals surface area contributed by atoms with Crippen molar-refractivity contribution < 1.29 is 8.42 Å². The Balaban J connectivity index is 2.30. The summed E-state index contributed by atoms with van der Waals surface area (Å²) in [6.45, 7) is 0.277. The van der Waals surface area contributed by atoms with Gasteiger partial charge in [-0.3, -0.25) is 5.10 Å². The van der Waals surface area contributed by atoms with E-state index in [1.54, 1.807) is 12.4 Å². The number of hydrogen-bond acceptors (Lipinski definition) is 3. The van der Waals surface area contributed by atoms with Gasteiger partial charge in [0.05, 0.1) is 11.9 Å². The number of rotatable bonds is 7. The fraction of sp³-hybridized carbons (Fsp3) is 0.625. The molecule has 1 heterocycles. The molecule has 0 aromatic carbocycles. The maximum atomic E-state index is 11.4. The number of sulfonamides is 1. The van der Waals surface area contributed by atoms with Gasteiger partial charge < -0.3 is 0 Å². The first kappa shape index (κ1) is 12.5. The zero-order valence-electron chi connectivity index (χ0n) is 8.24. The molecule has 0 unspecified atom stereocenters. The molecule has 0 aliphatic rings. The molecule has 7 heteroatoms. The first-order valence-corrected chi connectivity index (χ1v) is 6.84. The number of aromatic nitrogens is 2. The highest BCUT2D eigenvalue weighted by atomic mass is 35.5. The molecule has 1 rings (SSSR count). The Kier molecular flexibility index (Phi) is 5.07. The summed E-state index contributed by atoms with van der Waals surface area (Å²) < 4.78 is 25.3. The largest absolute Gasteiger partial charge is 0.285 e. The van der Waals surface area contributed by atoms with Crippen LogP contribution in [0.25, 0.3) is 0 Å². The van der Waals surface area contributed by atoms with E-state index in [1.807, 2.05) is 0 Å². The van der Waals surface area contributed by atoms with Gasteiger partial charge in [-0.1, -0.05) is 0 Å². The number of H-pyrrole nitrogens is 1. The summed E-state index contributed by atoms with van der Waals surface area (Å²) in [5.74, 6) is 0.620. The number of halogens is 1. The van der Waals surface area contributed by atoms with Crippen LogP contribution in [0.5, 0.6) is 0 Å². The number of nitrogens with zero attached hydrogens (tertiary/aromatic N) is 1. The molecule has 0 saturated carbocycles. The van der Waals surface area contributed by atoms with E-state index in [-0.39, 0.29) is 12.3 Å².